The Morgan fingerprint density at radius 2 is 1.61 bits per heavy atom. The van der Waals surface area contributed by atoms with Gasteiger partial charge in [0.2, 0.25) is 0 Å². The molecule has 2 aromatic carbocycles. The molecule has 1 aromatic heterocycles. The average Bonchev–Trinajstić information content (AvgIpc) is 2.85. The second-order valence-electron chi connectivity index (χ2n) is 7.76. The van der Waals surface area contributed by atoms with Crippen LogP contribution in [0.3, 0.4) is 0 Å². The summed E-state index contributed by atoms with van der Waals surface area (Å²) in [5, 5.41) is 0. The van der Waals surface area contributed by atoms with E-state index in [1.54, 1.807) is 0 Å². The first-order valence-electron chi connectivity index (χ1n) is 8.42. The van der Waals surface area contributed by atoms with E-state index in [0.29, 0.717) is 5.92 Å². The van der Waals surface area contributed by atoms with E-state index in [9.17, 15) is 0 Å². The molecule has 0 saturated carbocycles. The van der Waals surface area contributed by atoms with Gasteiger partial charge in [-0.25, -0.2) is 4.98 Å². The van der Waals surface area contributed by atoms with Crippen molar-refractivity contribution in [2.24, 2.45) is 5.92 Å². The third-order valence-corrected chi connectivity index (χ3v) is 4.21. The van der Waals surface area contributed by atoms with Crippen LogP contribution >= 0.6 is 0 Å². The molecule has 0 N–H and O–H groups in total. The summed E-state index contributed by atoms with van der Waals surface area (Å²) in [6.07, 6.45) is 0. The molecule has 1 heterocycles. The lowest BCUT2D eigenvalue weighted by Crippen LogP contribution is -2.11. The predicted molar refractivity (Wildman–Crippen MR) is 98.7 cm³/mol. The van der Waals surface area contributed by atoms with E-state index in [-0.39, 0.29) is 5.41 Å². The summed E-state index contributed by atoms with van der Waals surface area (Å²) in [5.74, 6) is 1.65. The van der Waals surface area contributed by atoms with E-state index in [2.05, 4.69) is 87.7 Å². The van der Waals surface area contributed by atoms with Gasteiger partial charge in [0, 0.05) is 12.1 Å². The first kappa shape index (κ1) is 15.8. The molecule has 0 radical (unpaired) electrons. The molecule has 0 atom stereocenters. The van der Waals surface area contributed by atoms with Crippen LogP contribution in [-0.2, 0) is 12.0 Å². The zero-order chi connectivity index (χ0) is 16.6. The summed E-state index contributed by atoms with van der Waals surface area (Å²) in [6, 6.07) is 17.3. The van der Waals surface area contributed by atoms with Crippen LogP contribution in [0, 0.1) is 5.92 Å². The highest BCUT2D eigenvalue weighted by Gasteiger charge is 2.16. The van der Waals surface area contributed by atoms with Crippen LogP contribution in [0.15, 0.2) is 48.5 Å². The van der Waals surface area contributed by atoms with Crippen molar-refractivity contribution in [3.05, 3.63) is 54.1 Å². The summed E-state index contributed by atoms with van der Waals surface area (Å²) in [6.45, 7) is 12.2. The molecule has 0 spiro atoms. The van der Waals surface area contributed by atoms with Crippen molar-refractivity contribution >= 4 is 11.0 Å². The molecule has 0 aliphatic heterocycles. The minimum absolute atomic E-state index is 0.177. The van der Waals surface area contributed by atoms with Gasteiger partial charge in [-0.05, 0) is 29.0 Å². The molecule has 0 amide bonds. The van der Waals surface area contributed by atoms with Crippen LogP contribution in [0.5, 0.6) is 0 Å². The van der Waals surface area contributed by atoms with Gasteiger partial charge in [-0.2, -0.15) is 0 Å². The second-order valence-corrected chi connectivity index (χ2v) is 7.76. The largest absolute Gasteiger partial charge is 0.324 e. The highest BCUT2D eigenvalue weighted by atomic mass is 15.1. The number of nitrogens with zero attached hydrogens (tertiary/aromatic N) is 2. The molecule has 23 heavy (non-hydrogen) atoms. The first-order valence-corrected chi connectivity index (χ1v) is 8.42. The minimum atomic E-state index is 0.177. The van der Waals surface area contributed by atoms with Crippen LogP contribution in [0.1, 0.15) is 40.2 Å². The fraction of sp³-hybridized carbons (Fsp3) is 0.381. The van der Waals surface area contributed by atoms with Gasteiger partial charge in [0.05, 0.1) is 11.0 Å². The van der Waals surface area contributed by atoms with Crippen LogP contribution in [0.25, 0.3) is 22.4 Å². The van der Waals surface area contributed by atoms with E-state index in [1.807, 2.05) is 0 Å². The molecular formula is C21H26N2. The van der Waals surface area contributed by atoms with Gasteiger partial charge in [0.25, 0.3) is 0 Å². The Hall–Kier alpha value is -2.09. The molecule has 0 fully saturated rings. The Morgan fingerprint density at radius 3 is 2.22 bits per heavy atom. The summed E-state index contributed by atoms with van der Waals surface area (Å²) >= 11 is 0. The van der Waals surface area contributed by atoms with Crippen molar-refractivity contribution < 1.29 is 0 Å². The maximum absolute atomic E-state index is 4.89. The molecule has 3 rings (SSSR count). The van der Waals surface area contributed by atoms with Gasteiger partial charge < -0.3 is 4.57 Å². The smallest absolute Gasteiger partial charge is 0.141 e. The van der Waals surface area contributed by atoms with Gasteiger partial charge in [-0.15, -0.1) is 0 Å². The highest BCUT2D eigenvalue weighted by molar-refractivity contribution is 5.80. The lowest BCUT2D eigenvalue weighted by Gasteiger charge is -2.19. The Kier molecular flexibility index (Phi) is 4.01. The minimum Gasteiger partial charge on any atom is -0.324 e. The van der Waals surface area contributed by atoms with Crippen molar-refractivity contribution in [1.29, 1.82) is 0 Å². The quantitative estimate of drug-likeness (QED) is 0.610. The predicted octanol–water partition coefficient (Wildman–Crippen LogP) is 5.66. The van der Waals surface area contributed by atoms with Crippen molar-refractivity contribution in [2.45, 2.75) is 46.6 Å². The average molecular weight is 306 g/mol. The van der Waals surface area contributed by atoms with Crippen molar-refractivity contribution in [3.8, 4) is 11.4 Å². The lowest BCUT2D eigenvalue weighted by molar-refractivity contribution is 0.536. The monoisotopic (exact) mass is 306 g/mol. The standard InChI is InChI=1S/C21H26N2/c1-15(2)14-23-19-9-7-6-8-18(19)22-20(23)16-10-12-17(13-11-16)21(3,4)5/h6-13,15H,14H2,1-5H3. The topological polar surface area (TPSA) is 17.8 Å². The lowest BCUT2D eigenvalue weighted by atomic mass is 9.87. The number of hydrogen-bond donors (Lipinski definition) is 0. The Morgan fingerprint density at radius 1 is 0.957 bits per heavy atom. The van der Waals surface area contributed by atoms with E-state index in [1.165, 1.54) is 16.6 Å². The SMILES string of the molecule is CC(C)Cn1c(-c2ccc(C(C)(C)C)cc2)nc2ccccc21. The fourth-order valence-electron chi connectivity index (χ4n) is 2.97. The van der Waals surface area contributed by atoms with Gasteiger partial charge in [0.1, 0.15) is 5.82 Å². The van der Waals surface area contributed by atoms with Gasteiger partial charge >= 0.3 is 0 Å². The van der Waals surface area contributed by atoms with Gasteiger partial charge in [-0.3, -0.25) is 0 Å². The van der Waals surface area contributed by atoms with Crippen LogP contribution < -0.4 is 0 Å². The second kappa shape index (κ2) is 5.84. The van der Waals surface area contributed by atoms with E-state index < -0.39 is 0 Å². The van der Waals surface area contributed by atoms with Crippen LogP contribution in [-0.4, -0.2) is 9.55 Å². The number of rotatable bonds is 3. The molecule has 0 unspecified atom stereocenters. The number of hydrogen-bond acceptors (Lipinski definition) is 1. The molecule has 120 valence electrons. The molecule has 0 aliphatic rings. The highest BCUT2D eigenvalue weighted by Crippen LogP contribution is 2.28. The number of fused-ring (bicyclic) bond motifs is 1. The number of imidazole rings is 1. The fourth-order valence-corrected chi connectivity index (χ4v) is 2.97. The maximum Gasteiger partial charge on any atom is 0.141 e. The molecule has 2 nitrogen and oxygen atoms in total. The molecule has 0 saturated heterocycles. The Labute approximate surface area is 139 Å². The normalized spacial score (nSPS) is 12.3. The Bertz CT molecular complexity index is 802. The van der Waals surface area contributed by atoms with E-state index >= 15 is 0 Å². The van der Waals surface area contributed by atoms with Crippen molar-refractivity contribution in [3.63, 3.8) is 0 Å². The number of aromatic nitrogens is 2. The van der Waals surface area contributed by atoms with Crippen molar-refractivity contribution in [1.82, 2.24) is 9.55 Å². The third-order valence-electron chi connectivity index (χ3n) is 4.21. The summed E-state index contributed by atoms with van der Waals surface area (Å²) in [5.41, 5.74) is 5.01. The zero-order valence-electron chi connectivity index (χ0n) is 14.8. The molecule has 2 heteroatoms. The Balaban J connectivity index is 2.11. The number of benzene rings is 2. The van der Waals surface area contributed by atoms with E-state index in [0.717, 1.165) is 17.9 Å². The zero-order valence-corrected chi connectivity index (χ0v) is 14.8. The van der Waals surface area contributed by atoms with Gasteiger partial charge in [-0.1, -0.05) is 71.0 Å². The first-order chi connectivity index (χ1) is 10.9. The summed E-state index contributed by atoms with van der Waals surface area (Å²) in [4.78, 5) is 4.89. The van der Waals surface area contributed by atoms with E-state index in [4.69, 9.17) is 4.98 Å². The third kappa shape index (κ3) is 3.17. The summed E-state index contributed by atoms with van der Waals surface area (Å²) in [7, 11) is 0. The maximum atomic E-state index is 4.89. The van der Waals surface area contributed by atoms with Crippen LogP contribution in [0.4, 0.5) is 0 Å². The van der Waals surface area contributed by atoms with Crippen LogP contribution in [0.2, 0.25) is 0 Å². The molecule has 0 aliphatic carbocycles. The molecule has 3 aromatic rings. The molecular weight excluding hydrogens is 280 g/mol. The van der Waals surface area contributed by atoms with Crippen molar-refractivity contribution in [2.75, 3.05) is 0 Å². The number of para-hydroxylation sites is 2. The van der Waals surface area contributed by atoms with Gasteiger partial charge in [0.15, 0.2) is 0 Å². The summed E-state index contributed by atoms with van der Waals surface area (Å²) < 4.78 is 2.35. The molecule has 0 bridgehead atoms.